The van der Waals surface area contributed by atoms with Crippen molar-refractivity contribution in [3.63, 3.8) is 0 Å². The molecule has 0 radical (unpaired) electrons. The normalized spacial score (nSPS) is 17.5. The minimum absolute atomic E-state index is 0.0833. The average Bonchev–Trinajstić information content (AvgIpc) is 3.04. The number of aromatic nitrogens is 4. The summed E-state index contributed by atoms with van der Waals surface area (Å²) < 4.78 is 1.93. The Bertz CT molecular complexity index is 613. The summed E-state index contributed by atoms with van der Waals surface area (Å²) in [5, 5.41) is 16.5. The van der Waals surface area contributed by atoms with Gasteiger partial charge in [-0.1, -0.05) is 44.4 Å². The summed E-state index contributed by atoms with van der Waals surface area (Å²) in [4.78, 5) is 0. The second-order valence-corrected chi connectivity index (χ2v) is 6.27. The molecule has 0 saturated heterocycles. The molecule has 1 aliphatic rings. The Morgan fingerprint density at radius 1 is 1.18 bits per heavy atom. The number of aryl methyl sites for hydroxylation is 1. The monoisotopic (exact) mass is 299 g/mol. The second-order valence-electron chi connectivity index (χ2n) is 6.27. The Morgan fingerprint density at radius 3 is 2.68 bits per heavy atom. The number of nitrogens with one attached hydrogen (secondary N) is 1. The van der Waals surface area contributed by atoms with Gasteiger partial charge in [-0.05, 0) is 54.8 Å². The van der Waals surface area contributed by atoms with Crippen LogP contribution in [-0.4, -0.2) is 26.8 Å². The third-order valence-corrected chi connectivity index (χ3v) is 4.66. The van der Waals surface area contributed by atoms with E-state index in [2.05, 4.69) is 52.9 Å². The van der Waals surface area contributed by atoms with Gasteiger partial charge in [0.2, 0.25) is 0 Å². The zero-order valence-electron chi connectivity index (χ0n) is 13.5. The molecule has 0 bridgehead atoms. The SMILES string of the molecule is CCCNC1(c2nnnn2-c2ccccc2C)CCCCC1. The zero-order chi connectivity index (χ0) is 15.4. The molecule has 118 valence electrons. The van der Waals surface area contributed by atoms with E-state index >= 15 is 0 Å². The lowest BCUT2D eigenvalue weighted by molar-refractivity contribution is 0.217. The van der Waals surface area contributed by atoms with Crippen molar-refractivity contribution in [1.29, 1.82) is 0 Å². The standard InChI is InChI=1S/C17H25N5/c1-3-13-18-17(11-7-4-8-12-17)16-19-20-21-22(16)15-10-6-5-9-14(15)2/h5-6,9-10,18H,3-4,7-8,11-13H2,1-2H3. The van der Waals surface area contributed by atoms with Crippen molar-refractivity contribution in [3.8, 4) is 5.69 Å². The molecule has 0 unspecified atom stereocenters. The van der Waals surface area contributed by atoms with Gasteiger partial charge in [-0.25, -0.2) is 0 Å². The van der Waals surface area contributed by atoms with Crippen LogP contribution >= 0.6 is 0 Å². The van der Waals surface area contributed by atoms with Gasteiger partial charge < -0.3 is 5.32 Å². The molecule has 0 atom stereocenters. The molecular formula is C17H25N5. The first-order valence-electron chi connectivity index (χ1n) is 8.37. The van der Waals surface area contributed by atoms with Crippen molar-refractivity contribution in [2.75, 3.05) is 6.54 Å². The van der Waals surface area contributed by atoms with E-state index in [0.29, 0.717) is 0 Å². The van der Waals surface area contributed by atoms with E-state index in [4.69, 9.17) is 0 Å². The predicted molar refractivity (Wildman–Crippen MR) is 86.9 cm³/mol. The van der Waals surface area contributed by atoms with Gasteiger partial charge in [-0.2, -0.15) is 4.68 Å². The smallest absolute Gasteiger partial charge is 0.176 e. The maximum absolute atomic E-state index is 4.42. The molecule has 5 nitrogen and oxygen atoms in total. The van der Waals surface area contributed by atoms with Crippen LogP contribution in [-0.2, 0) is 5.54 Å². The number of para-hydroxylation sites is 1. The first-order chi connectivity index (χ1) is 10.8. The molecular weight excluding hydrogens is 274 g/mol. The van der Waals surface area contributed by atoms with Crippen LogP contribution in [0.2, 0.25) is 0 Å². The highest BCUT2D eigenvalue weighted by Gasteiger charge is 2.38. The fraction of sp³-hybridized carbons (Fsp3) is 0.588. The summed E-state index contributed by atoms with van der Waals surface area (Å²) in [6.45, 7) is 5.31. The zero-order valence-corrected chi connectivity index (χ0v) is 13.5. The molecule has 1 aromatic heterocycles. The molecule has 2 aromatic rings. The molecule has 1 aliphatic carbocycles. The summed E-state index contributed by atoms with van der Waals surface area (Å²) in [6, 6.07) is 8.29. The van der Waals surface area contributed by atoms with Crippen LogP contribution in [0.1, 0.15) is 56.8 Å². The van der Waals surface area contributed by atoms with E-state index in [1.165, 1.54) is 24.8 Å². The van der Waals surface area contributed by atoms with Crippen LogP contribution in [0.5, 0.6) is 0 Å². The first-order valence-corrected chi connectivity index (χ1v) is 8.37. The number of rotatable bonds is 5. The van der Waals surface area contributed by atoms with E-state index in [9.17, 15) is 0 Å². The molecule has 1 N–H and O–H groups in total. The van der Waals surface area contributed by atoms with Gasteiger partial charge >= 0.3 is 0 Å². The fourth-order valence-corrected chi connectivity index (χ4v) is 3.45. The first kappa shape index (κ1) is 15.2. The van der Waals surface area contributed by atoms with Crippen molar-refractivity contribution >= 4 is 0 Å². The maximum Gasteiger partial charge on any atom is 0.176 e. The van der Waals surface area contributed by atoms with Gasteiger partial charge in [0.15, 0.2) is 5.82 Å². The van der Waals surface area contributed by atoms with Crippen LogP contribution < -0.4 is 5.32 Å². The van der Waals surface area contributed by atoms with Crippen molar-refractivity contribution in [1.82, 2.24) is 25.5 Å². The Morgan fingerprint density at radius 2 is 1.95 bits per heavy atom. The lowest BCUT2D eigenvalue weighted by Crippen LogP contribution is -2.46. The Balaban J connectivity index is 2.03. The average molecular weight is 299 g/mol. The van der Waals surface area contributed by atoms with Crippen LogP contribution in [0.15, 0.2) is 24.3 Å². The van der Waals surface area contributed by atoms with Gasteiger partial charge in [0.05, 0.1) is 11.2 Å². The van der Waals surface area contributed by atoms with Gasteiger partial charge in [0.25, 0.3) is 0 Å². The molecule has 1 fully saturated rings. The summed E-state index contributed by atoms with van der Waals surface area (Å²) in [6.07, 6.45) is 7.11. The number of hydrogen-bond acceptors (Lipinski definition) is 4. The summed E-state index contributed by atoms with van der Waals surface area (Å²) in [5.41, 5.74) is 2.18. The number of benzene rings is 1. The van der Waals surface area contributed by atoms with E-state index in [1.54, 1.807) is 0 Å². The van der Waals surface area contributed by atoms with Crippen molar-refractivity contribution in [2.45, 2.75) is 57.9 Å². The van der Waals surface area contributed by atoms with Gasteiger partial charge in [-0.15, -0.1) is 5.10 Å². The number of hydrogen-bond donors (Lipinski definition) is 1. The summed E-state index contributed by atoms with van der Waals surface area (Å²) in [7, 11) is 0. The Labute approximate surface area is 132 Å². The van der Waals surface area contributed by atoms with Crippen LogP contribution in [0, 0.1) is 6.92 Å². The molecule has 1 saturated carbocycles. The third-order valence-electron chi connectivity index (χ3n) is 4.66. The van der Waals surface area contributed by atoms with Crippen LogP contribution in [0.4, 0.5) is 0 Å². The fourth-order valence-electron chi connectivity index (χ4n) is 3.45. The molecule has 0 amide bonds. The van der Waals surface area contributed by atoms with Gasteiger partial charge in [0.1, 0.15) is 0 Å². The quantitative estimate of drug-likeness (QED) is 0.921. The molecule has 22 heavy (non-hydrogen) atoms. The van der Waals surface area contributed by atoms with Crippen molar-refractivity contribution in [2.24, 2.45) is 0 Å². The molecule has 0 aliphatic heterocycles. The third kappa shape index (κ3) is 2.77. The van der Waals surface area contributed by atoms with E-state index in [1.807, 2.05) is 10.7 Å². The lowest BCUT2D eigenvalue weighted by atomic mass is 9.80. The van der Waals surface area contributed by atoms with Crippen molar-refractivity contribution in [3.05, 3.63) is 35.7 Å². The Kier molecular flexibility index (Phi) is 4.52. The van der Waals surface area contributed by atoms with E-state index < -0.39 is 0 Å². The van der Waals surface area contributed by atoms with Crippen LogP contribution in [0.3, 0.4) is 0 Å². The second kappa shape index (κ2) is 6.57. The maximum atomic E-state index is 4.42. The summed E-state index contributed by atoms with van der Waals surface area (Å²) >= 11 is 0. The highest BCUT2D eigenvalue weighted by Crippen LogP contribution is 2.36. The van der Waals surface area contributed by atoms with E-state index in [-0.39, 0.29) is 5.54 Å². The summed E-state index contributed by atoms with van der Waals surface area (Å²) in [5.74, 6) is 0.968. The topological polar surface area (TPSA) is 55.6 Å². The number of nitrogens with zero attached hydrogens (tertiary/aromatic N) is 4. The highest BCUT2D eigenvalue weighted by molar-refractivity contribution is 5.40. The van der Waals surface area contributed by atoms with Gasteiger partial charge in [0, 0.05) is 0 Å². The predicted octanol–water partition coefficient (Wildman–Crippen LogP) is 3.13. The molecule has 5 heteroatoms. The molecule has 0 spiro atoms. The molecule has 3 rings (SSSR count). The van der Waals surface area contributed by atoms with Crippen LogP contribution in [0.25, 0.3) is 5.69 Å². The highest BCUT2D eigenvalue weighted by atomic mass is 15.6. The number of tetrazole rings is 1. The minimum Gasteiger partial charge on any atom is -0.305 e. The Hall–Kier alpha value is -1.75. The molecule has 1 heterocycles. The minimum atomic E-state index is -0.0833. The van der Waals surface area contributed by atoms with Gasteiger partial charge in [-0.3, -0.25) is 0 Å². The van der Waals surface area contributed by atoms with E-state index in [0.717, 1.165) is 37.3 Å². The van der Waals surface area contributed by atoms with Crippen molar-refractivity contribution < 1.29 is 0 Å². The largest absolute Gasteiger partial charge is 0.305 e. The molecule has 1 aromatic carbocycles. The lowest BCUT2D eigenvalue weighted by Gasteiger charge is -2.37.